The highest BCUT2D eigenvalue weighted by Gasteiger charge is 2.34. The average Bonchev–Trinajstić information content (AvgIpc) is 2.75. The molecule has 0 spiro atoms. The zero-order valence-electron chi connectivity index (χ0n) is 10.2. The first-order chi connectivity index (χ1) is 8.08. The van der Waals surface area contributed by atoms with Crippen LogP contribution in [0, 0.1) is 11.8 Å². The molecule has 0 radical (unpaired) electrons. The van der Waals surface area contributed by atoms with Crippen LogP contribution in [0.25, 0.3) is 0 Å². The molecule has 0 aromatic heterocycles. The lowest BCUT2D eigenvalue weighted by molar-refractivity contribution is -0.136. The minimum atomic E-state index is 0.0371. The number of amides is 1. The second-order valence-electron chi connectivity index (χ2n) is 5.10. The van der Waals surface area contributed by atoms with E-state index in [0.717, 1.165) is 25.8 Å². The third-order valence-electron chi connectivity index (χ3n) is 3.68. The van der Waals surface area contributed by atoms with Crippen molar-refractivity contribution < 1.29 is 9.53 Å². The number of piperidine rings is 1. The number of likely N-dealkylation sites (tertiary alicyclic amines) is 1. The predicted octanol–water partition coefficient (Wildman–Crippen LogP) is 0.936. The van der Waals surface area contributed by atoms with Crippen LogP contribution in [0.2, 0.25) is 0 Å². The van der Waals surface area contributed by atoms with Crippen molar-refractivity contribution in [3.63, 3.8) is 0 Å². The SMILES string of the molecule is CC1CC(C(=O)N2CCCC(C(N)=S)C2)CO1. The van der Waals surface area contributed by atoms with E-state index in [-0.39, 0.29) is 23.8 Å². The molecule has 2 fully saturated rings. The monoisotopic (exact) mass is 256 g/mol. The van der Waals surface area contributed by atoms with Crippen LogP contribution in [0.5, 0.6) is 0 Å². The first kappa shape index (κ1) is 12.8. The minimum absolute atomic E-state index is 0.0371. The molecule has 2 saturated heterocycles. The van der Waals surface area contributed by atoms with E-state index in [4.69, 9.17) is 22.7 Å². The van der Waals surface area contributed by atoms with Crippen LogP contribution in [0.15, 0.2) is 0 Å². The van der Waals surface area contributed by atoms with E-state index < -0.39 is 0 Å². The summed E-state index contributed by atoms with van der Waals surface area (Å²) in [7, 11) is 0. The molecule has 5 heteroatoms. The highest BCUT2D eigenvalue weighted by atomic mass is 32.1. The van der Waals surface area contributed by atoms with Crippen molar-refractivity contribution in [2.75, 3.05) is 19.7 Å². The maximum Gasteiger partial charge on any atom is 0.228 e. The number of nitrogens with zero attached hydrogens (tertiary/aromatic N) is 1. The highest BCUT2D eigenvalue weighted by molar-refractivity contribution is 7.80. The van der Waals surface area contributed by atoms with E-state index in [2.05, 4.69) is 0 Å². The summed E-state index contributed by atoms with van der Waals surface area (Å²) in [5.41, 5.74) is 5.67. The fourth-order valence-electron chi connectivity index (χ4n) is 2.66. The normalized spacial score (nSPS) is 33.7. The quantitative estimate of drug-likeness (QED) is 0.747. The zero-order valence-corrected chi connectivity index (χ0v) is 11.0. The number of thiocarbonyl (C=S) groups is 1. The Kier molecular flexibility index (Phi) is 3.99. The second-order valence-corrected chi connectivity index (χ2v) is 5.57. The van der Waals surface area contributed by atoms with Crippen molar-refractivity contribution in [1.82, 2.24) is 4.90 Å². The van der Waals surface area contributed by atoms with Gasteiger partial charge in [0.2, 0.25) is 5.91 Å². The molecule has 2 aliphatic heterocycles. The van der Waals surface area contributed by atoms with Gasteiger partial charge in [-0.05, 0) is 26.2 Å². The third-order valence-corrected chi connectivity index (χ3v) is 4.02. The number of hydrogen-bond acceptors (Lipinski definition) is 3. The van der Waals surface area contributed by atoms with Crippen LogP contribution in [-0.2, 0) is 9.53 Å². The maximum absolute atomic E-state index is 12.3. The van der Waals surface area contributed by atoms with Gasteiger partial charge in [0.05, 0.1) is 23.6 Å². The van der Waals surface area contributed by atoms with Crippen molar-refractivity contribution in [2.24, 2.45) is 17.6 Å². The standard InChI is InChI=1S/C12H20N2O2S/c1-8-5-10(7-16-8)12(15)14-4-2-3-9(6-14)11(13)17/h8-10H,2-7H2,1H3,(H2,13,17). The number of carbonyl (C=O) groups excluding carboxylic acids is 1. The summed E-state index contributed by atoms with van der Waals surface area (Å²) >= 11 is 5.02. The van der Waals surface area contributed by atoms with Crippen molar-refractivity contribution in [3.8, 4) is 0 Å². The van der Waals surface area contributed by atoms with E-state index in [0.29, 0.717) is 18.1 Å². The molecule has 3 atom stereocenters. The van der Waals surface area contributed by atoms with Crippen LogP contribution >= 0.6 is 12.2 Å². The summed E-state index contributed by atoms with van der Waals surface area (Å²) in [6, 6.07) is 0. The Bertz CT molecular complexity index is 322. The van der Waals surface area contributed by atoms with Gasteiger partial charge in [0, 0.05) is 19.0 Å². The van der Waals surface area contributed by atoms with Crippen LogP contribution in [-0.4, -0.2) is 41.6 Å². The molecule has 0 aromatic carbocycles. The third kappa shape index (κ3) is 2.96. The number of carbonyl (C=O) groups is 1. The van der Waals surface area contributed by atoms with Crippen molar-refractivity contribution in [3.05, 3.63) is 0 Å². The van der Waals surface area contributed by atoms with Gasteiger partial charge < -0.3 is 15.4 Å². The van der Waals surface area contributed by atoms with Crippen molar-refractivity contribution in [2.45, 2.75) is 32.3 Å². The lowest BCUT2D eigenvalue weighted by Gasteiger charge is -2.33. The van der Waals surface area contributed by atoms with Gasteiger partial charge in [0.15, 0.2) is 0 Å². The first-order valence-corrected chi connectivity index (χ1v) is 6.68. The molecule has 2 rings (SSSR count). The molecular weight excluding hydrogens is 236 g/mol. The number of hydrogen-bond donors (Lipinski definition) is 1. The van der Waals surface area contributed by atoms with Gasteiger partial charge in [-0.25, -0.2) is 0 Å². The average molecular weight is 256 g/mol. The van der Waals surface area contributed by atoms with Crippen molar-refractivity contribution >= 4 is 23.1 Å². The Balaban J connectivity index is 1.93. The first-order valence-electron chi connectivity index (χ1n) is 6.27. The summed E-state index contributed by atoms with van der Waals surface area (Å²) < 4.78 is 5.45. The van der Waals surface area contributed by atoms with Gasteiger partial charge >= 0.3 is 0 Å². The van der Waals surface area contributed by atoms with Gasteiger partial charge in [0.25, 0.3) is 0 Å². The summed E-state index contributed by atoms with van der Waals surface area (Å²) in [4.78, 5) is 14.7. The van der Waals surface area contributed by atoms with Gasteiger partial charge in [-0.2, -0.15) is 0 Å². The van der Waals surface area contributed by atoms with Gasteiger partial charge in [-0.1, -0.05) is 12.2 Å². The molecule has 0 aromatic rings. The van der Waals surface area contributed by atoms with Gasteiger partial charge in [-0.15, -0.1) is 0 Å². The zero-order chi connectivity index (χ0) is 12.4. The number of ether oxygens (including phenoxy) is 1. The molecule has 2 heterocycles. The lowest BCUT2D eigenvalue weighted by Crippen LogP contribution is -2.46. The van der Waals surface area contributed by atoms with E-state index in [1.54, 1.807) is 0 Å². The van der Waals surface area contributed by atoms with Gasteiger partial charge in [0.1, 0.15) is 0 Å². The molecule has 0 saturated carbocycles. The summed E-state index contributed by atoms with van der Waals surface area (Å²) in [5, 5.41) is 0. The molecule has 4 nitrogen and oxygen atoms in total. The van der Waals surface area contributed by atoms with Crippen LogP contribution in [0.4, 0.5) is 0 Å². The Morgan fingerprint density at radius 3 is 2.82 bits per heavy atom. The maximum atomic E-state index is 12.3. The molecule has 0 aliphatic carbocycles. The molecule has 96 valence electrons. The summed E-state index contributed by atoms with van der Waals surface area (Å²) in [5.74, 6) is 0.452. The predicted molar refractivity (Wildman–Crippen MR) is 69.6 cm³/mol. The molecule has 2 N–H and O–H groups in total. The molecule has 2 aliphatic rings. The minimum Gasteiger partial charge on any atom is -0.393 e. The van der Waals surface area contributed by atoms with Crippen molar-refractivity contribution in [1.29, 1.82) is 0 Å². The second kappa shape index (κ2) is 5.31. The Labute approximate surface area is 107 Å². The Hall–Kier alpha value is -0.680. The Morgan fingerprint density at radius 2 is 2.24 bits per heavy atom. The fraction of sp³-hybridized carbons (Fsp3) is 0.833. The van der Waals surface area contributed by atoms with E-state index in [9.17, 15) is 4.79 Å². The molecule has 17 heavy (non-hydrogen) atoms. The summed E-state index contributed by atoms with van der Waals surface area (Å²) in [6.45, 7) is 4.11. The van der Waals surface area contributed by atoms with Crippen LogP contribution in [0.3, 0.4) is 0 Å². The van der Waals surface area contributed by atoms with E-state index >= 15 is 0 Å². The molecular formula is C12H20N2O2S. The topological polar surface area (TPSA) is 55.6 Å². The fourth-order valence-corrected chi connectivity index (χ4v) is 2.85. The van der Waals surface area contributed by atoms with Crippen LogP contribution < -0.4 is 5.73 Å². The number of nitrogens with two attached hydrogens (primary N) is 1. The largest absolute Gasteiger partial charge is 0.393 e. The van der Waals surface area contributed by atoms with E-state index in [1.165, 1.54) is 0 Å². The lowest BCUT2D eigenvalue weighted by atomic mass is 9.96. The summed E-state index contributed by atoms with van der Waals surface area (Å²) in [6.07, 6.45) is 3.06. The number of rotatable bonds is 2. The van der Waals surface area contributed by atoms with Crippen LogP contribution in [0.1, 0.15) is 26.2 Å². The molecule has 3 unspecified atom stereocenters. The van der Waals surface area contributed by atoms with E-state index in [1.807, 2.05) is 11.8 Å². The van der Waals surface area contributed by atoms with Gasteiger partial charge in [-0.3, -0.25) is 4.79 Å². The Morgan fingerprint density at radius 1 is 1.47 bits per heavy atom. The molecule has 0 bridgehead atoms. The molecule has 1 amide bonds. The highest BCUT2D eigenvalue weighted by Crippen LogP contribution is 2.24. The smallest absolute Gasteiger partial charge is 0.228 e.